The topological polar surface area (TPSA) is 47.3 Å². The van der Waals surface area contributed by atoms with Crippen molar-refractivity contribution in [2.24, 2.45) is 0 Å². The third-order valence-corrected chi connectivity index (χ3v) is 4.33. The maximum Gasteiger partial charge on any atom is 0.124 e. The summed E-state index contributed by atoms with van der Waals surface area (Å²) >= 11 is 12.1. The zero-order valence-corrected chi connectivity index (χ0v) is 15.3. The average Bonchev–Trinajstić information content (AvgIpc) is 2.96. The van der Waals surface area contributed by atoms with Gasteiger partial charge in [0.05, 0.1) is 18.8 Å². The second kappa shape index (κ2) is 7.91. The number of ether oxygens (including phenoxy) is 1. The summed E-state index contributed by atoms with van der Waals surface area (Å²) in [7, 11) is 0. The van der Waals surface area contributed by atoms with E-state index < -0.39 is 0 Å². The molecule has 3 rings (SSSR count). The maximum atomic E-state index is 9.24. The fourth-order valence-electron chi connectivity index (χ4n) is 2.53. The SMILES string of the molecule is Cc1cc(CO)nn1Cc1cc(Cl)ccc1OCc1ccc(Cl)cc1. The van der Waals surface area contributed by atoms with Crippen molar-refractivity contribution in [3.8, 4) is 5.75 Å². The molecule has 2 aromatic carbocycles. The molecule has 1 aromatic heterocycles. The number of aromatic nitrogens is 2. The van der Waals surface area contributed by atoms with Crippen LogP contribution in [-0.2, 0) is 19.8 Å². The fourth-order valence-corrected chi connectivity index (χ4v) is 2.85. The van der Waals surface area contributed by atoms with E-state index >= 15 is 0 Å². The number of hydrogen-bond acceptors (Lipinski definition) is 3. The Labute approximate surface area is 156 Å². The van der Waals surface area contributed by atoms with Crippen LogP contribution in [0.5, 0.6) is 5.75 Å². The van der Waals surface area contributed by atoms with Crippen molar-refractivity contribution in [1.29, 1.82) is 0 Å². The summed E-state index contributed by atoms with van der Waals surface area (Å²) < 4.78 is 7.80. The van der Waals surface area contributed by atoms with Crippen molar-refractivity contribution < 1.29 is 9.84 Å². The Morgan fingerprint density at radius 1 is 1.04 bits per heavy atom. The predicted molar refractivity (Wildman–Crippen MR) is 99.2 cm³/mol. The van der Waals surface area contributed by atoms with Crippen LogP contribution in [0.4, 0.5) is 0 Å². The molecule has 0 atom stereocenters. The van der Waals surface area contributed by atoms with E-state index in [2.05, 4.69) is 5.10 Å². The highest BCUT2D eigenvalue weighted by Crippen LogP contribution is 2.25. The number of aliphatic hydroxyl groups is 1. The van der Waals surface area contributed by atoms with Crippen LogP contribution in [0.1, 0.15) is 22.5 Å². The van der Waals surface area contributed by atoms with Gasteiger partial charge in [-0.1, -0.05) is 35.3 Å². The molecule has 0 aliphatic heterocycles. The quantitative estimate of drug-likeness (QED) is 0.682. The molecule has 0 aliphatic rings. The molecule has 0 unspecified atom stereocenters. The summed E-state index contributed by atoms with van der Waals surface area (Å²) in [6, 6.07) is 14.9. The Morgan fingerprint density at radius 3 is 2.44 bits per heavy atom. The minimum absolute atomic E-state index is 0.0800. The first-order valence-electron chi connectivity index (χ1n) is 7.85. The van der Waals surface area contributed by atoms with Crippen LogP contribution in [0.15, 0.2) is 48.5 Å². The van der Waals surface area contributed by atoms with Gasteiger partial charge in [-0.2, -0.15) is 5.10 Å². The van der Waals surface area contributed by atoms with Crippen LogP contribution in [0, 0.1) is 6.92 Å². The number of aliphatic hydroxyl groups excluding tert-OH is 1. The first-order valence-corrected chi connectivity index (χ1v) is 8.60. The standard InChI is InChI=1S/C19H18Cl2N2O2/c1-13-8-18(11-24)22-23(13)10-15-9-17(21)6-7-19(15)25-12-14-2-4-16(20)5-3-14/h2-9,24H,10-12H2,1H3. The lowest BCUT2D eigenvalue weighted by Gasteiger charge is -2.13. The largest absolute Gasteiger partial charge is 0.489 e. The van der Waals surface area contributed by atoms with Gasteiger partial charge >= 0.3 is 0 Å². The van der Waals surface area contributed by atoms with Gasteiger partial charge in [0.2, 0.25) is 0 Å². The molecule has 3 aromatic rings. The van der Waals surface area contributed by atoms with E-state index in [4.69, 9.17) is 27.9 Å². The first-order chi connectivity index (χ1) is 12.0. The first kappa shape index (κ1) is 17.8. The summed E-state index contributed by atoms with van der Waals surface area (Å²) in [5, 5.41) is 15.0. The zero-order valence-electron chi connectivity index (χ0n) is 13.7. The van der Waals surface area contributed by atoms with Crippen LogP contribution < -0.4 is 4.74 Å². The highest BCUT2D eigenvalue weighted by Gasteiger charge is 2.10. The molecule has 0 spiro atoms. The maximum absolute atomic E-state index is 9.24. The summed E-state index contributed by atoms with van der Waals surface area (Å²) in [5.41, 5.74) is 3.57. The average molecular weight is 377 g/mol. The molecule has 0 bridgehead atoms. The molecule has 25 heavy (non-hydrogen) atoms. The normalized spacial score (nSPS) is 10.9. The highest BCUT2D eigenvalue weighted by molar-refractivity contribution is 6.30. The molecule has 4 nitrogen and oxygen atoms in total. The lowest BCUT2D eigenvalue weighted by molar-refractivity contribution is 0.275. The second-order valence-corrected chi connectivity index (χ2v) is 6.63. The summed E-state index contributed by atoms with van der Waals surface area (Å²) in [5.74, 6) is 0.750. The van der Waals surface area contributed by atoms with E-state index in [0.717, 1.165) is 22.6 Å². The van der Waals surface area contributed by atoms with Gasteiger partial charge in [0.15, 0.2) is 0 Å². The molecular formula is C19H18Cl2N2O2. The monoisotopic (exact) mass is 376 g/mol. The number of benzene rings is 2. The molecule has 1 N–H and O–H groups in total. The van der Waals surface area contributed by atoms with Crippen LogP contribution in [0.3, 0.4) is 0 Å². The zero-order chi connectivity index (χ0) is 17.8. The Kier molecular flexibility index (Phi) is 5.63. The fraction of sp³-hybridized carbons (Fsp3) is 0.211. The molecule has 0 saturated carbocycles. The van der Waals surface area contributed by atoms with Crippen molar-refractivity contribution in [2.75, 3.05) is 0 Å². The summed E-state index contributed by atoms with van der Waals surface area (Å²) in [4.78, 5) is 0. The Balaban J connectivity index is 1.79. The molecule has 0 amide bonds. The molecule has 1 heterocycles. The van der Waals surface area contributed by atoms with Crippen LogP contribution in [0.25, 0.3) is 0 Å². The Morgan fingerprint density at radius 2 is 1.76 bits per heavy atom. The van der Waals surface area contributed by atoms with Gasteiger partial charge in [-0.3, -0.25) is 4.68 Å². The number of aryl methyl sites for hydroxylation is 1. The minimum Gasteiger partial charge on any atom is -0.489 e. The van der Waals surface area contributed by atoms with Gasteiger partial charge in [-0.25, -0.2) is 0 Å². The number of hydrogen-bond donors (Lipinski definition) is 1. The van der Waals surface area contributed by atoms with Crippen LogP contribution >= 0.6 is 23.2 Å². The smallest absolute Gasteiger partial charge is 0.124 e. The third-order valence-electron chi connectivity index (χ3n) is 3.84. The van der Waals surface area contributed by atoms with Gasteiger partial charge in [0.1, 0.15) is 12.4 Å². The minimum atomic E-state index is -0.0800. The van der Waals surface area contributed by atoms with Gasteiger partial charge < -0.3 is 9.84 Å². The molecule has 0 radical (unpaired) electrons. The van der Waals surface area contributed by atoms with Crippen molar-refractivity contribution in [1.82, 2.24) is 9.78 Å². The molecule has 0 saturated heterocycles. The van der Waals surface area contributed by atoms with Crippen molar-refractivity contribution in [3.05, 3.63) is 81.1 Å². The molecule has 0 aliphatic carbocycles. The van der Waals surface area contributed by atoms with Crippen molar-refractivity contribution in [3.63, 3.8) is 0 Å². The van der Waals surface area contributed by atoms with E-state index in [9.17, 15) is 5.11 Å². The second-order valence-electron chi connectivity index (χ2n) is 5.76. The number of halogens is 2. The van der Waals surface area contributed by atoms with E-state index in [1.54, 1.807) is 6.07 Å². The number of nitrogens with zero attached hydrogens (tertiary/aromatic N) is 2. The van der Waals surface area contributed by atoms with E-state index in [1.165, 1.54) is 0 Å². The summed E-state index contributed by atoms with van der Waals surface area (Å²) in [6.07, 6.45) is 0. The third kappa shape index (κ3) is 4.54. The van der Waals surface area contributed by atoms with Gasteiger partial charge in [0.25, 0.3) is 0 Å². The van der Waals surface area contributed by atoms with E-state index in [-0.39, 0.29) is 6.61 Å². The van der Waals surface area contributed by atoms with Crippen molar-refractivity contribution in [2.45, 2.75) is 26.7 Å². The lowest BCUT2D eigenvalue weighted by Crippen LogP contribution is -2.07. The molecular weight excluding hydrogens is 359 g/mol. The molecule has 0 fully saturated rings. The van der Waals surface area contributed by atoms with E-state index in [1.807, 2.05) is 54.1 Å². The van der Waals surface area contributed by atoms with Crippen LogP contribution in [0.2, 0.25) is 10.0 Å². The predicted octanol–water partition coefficient (Wildman–Crippen LogP) is 4.62. The summed E-state index contributed by atoms with van der Waals surface area (Å²) in [6.45, 7) is 2.82. The van der Waals surface area contributed by atoms with Gasteiger partial charge in [-0.15, -0.1) is 0 Å². The number of rotatable bonds is 6. The van der Waals surface area contributed by atoms with Gasteiger partial charge in [-0.05, 0) is 48.9 Å². The van der Waals surface area contributed by atoms with Gasteiger partial charge in [0, 0.05) is 21.3 Å². The van der Waals surface area contributed by atoms with E-state index in [0.29, 0.717) is 28.9 Å². The molecule has 6 heteroatoms. The highest BCUT2D eigenvalue weighted by atomic mass is 35.5. The Hall–Kier alpha value is -2.01. The van der Waals surface area contributed by atoms with Crippen LogP contribution in [-0.4, -0.2) is 14.9 Å². The Bertz CT molecular complexity index is 860. The van der Waals surface area contributed by atoms with Crippen molar-refractivity contribution >= 4 is 23.2 Å². The molecule has 130 valence electrons. The lowest BCUT2D eigenvalue weighted by atomic mass is 10.2.